The molecule has 2 heterocycles. The van der Waals surface area contributed by atoms with Crippen LogP contribution in [0.2, 0.25) is 0 Å². The lowest BCUT2D eigenvalue weighted by Gasteiger charge is -2.02. The van der Waals surface area contributed by atoms with Gasteiger partial charge in [0.15, 0.2) is 0 Å². The van der Waals surface area contributed by atoms with Crippen LogP contribution in [0.5, 0.6) is 0 Å². The van der Waals surface area contributed by atoms with Crippen LogP contribution in [0.1, 0.15) is 22.1 Å². The SMILES string of the molecule is Cc1sc(CCNC(=O)CCc2ccco2)nc1-c1ccccc1. The van der Waals surface area contributed by atoms with Gasteiger partial charge in [0.2, 0.25) is 5.91 Å². The van der Waals surface area contributed by atoms with Crippen LogP contribution in [0, 0.1) is 6.92 Å². The third-order valence-corrected chi connectivity index (χ3v) is 4.76. The number of thiazole rings is 1. The molecule has 0 radical (unpaired) electrons. The summed E-state index contributed by atoms with van der Waals surface area (Å²) in [6, 6.07) is 13.9. The van der Waals surface area contributed by atoms with Gasteiger partial charge < -0.3 is 9.73 Å². The molecule has 4 nitrogen and oxygen atoms in total. The highest BCUT2D eigenvalue weighted by molar-refractivity contribution is 7.12. The molecular formula is C19H20N2O2S. The first-order valence-electron chi connectivity index (χ1n) is 8.03. The molecule has 0 saturated heterocycles. The highest BCUT2D eigenvalue weighted by atomic mass is 32.1. The normalized spacial score (nSPS) is 10.7. The summed E-state index contributed by atoms with van der Waals surface area (Å²) in [5.74, 6) is 0.885. The molecule has 1 amide bonds. The molecule has 24 heavy (non-hydrogen) atoms. The van der Waals surface area contributed by atoms with Crippen LogP contribution < -0.4 is 5.32 Å². The second-order valence-electron chi connectivity index (χ2n) is 5.56. The molecule has 0 spiro atoms. The van der Waals surface area contributed by atoms with Crippen molar-refractivity contribution in [3.05, 3.63) is 64.4 Å². The lowest BCUT2D eigenvalue weighted by Crippen LogP contribution is -2.25. The Bertz CT molecular complexity index is 779. The fourth-order valence-corrected chi connectivity index (χ4v) is 3.47. The van der Waals surface area contributed by atoms with Gasteiger partial charge in [-0.1, -0.05) is 30.3 Å². The van der Waals surface area contributed by atoms with Crippen molar-refractivity contribution >= 4 is 17.2 Å². The van der Waals surface area contributed by atoms with Gasteiger partial charge in [-0.25, -0.2) is 4.98 Å². The van der Waals surface area contributed by atoms with Gasteiger partial charge in [0.1, 0.15) is 5.76 Å². The van der Waals surface area contributed by atoms with Crippen LogP contribution in [0.25, 0.3) is 11.3 Å². The van der Waals surface area contributed by atoms with Crippen molar-refractivity contribution in [1.82, 2.24) is 10.3 Å². The number of hydrogen-bond acceptors (Lipinski definition) is 4. The Kier molecular flexibility index (Phi) is 5.43. The van der Waals surface area contributed by atoms with Crippen molar-refractivity contribution in [1.29, 1.82) is 0 Å². The van der Waals surface area contributed by atoms with Crippen LogP contribution in [0.3, 0.4) is 0 Å². The monoisotopic (exact) mass is 340 g/mol. The van der Waals surface area contributed by atoms with Crippen LogP contribution in [-0.2, 0) is 17.6 Å². The summed E-state index contributed by atoms with van der Waals surface area (Å²) in [6.07, 6.45) is 3.46. The second kappa shape index (κ2) is 7.93. The van der Waals surface area contributed by atoms with Gasteiger partial charge in [0.05, 0.1) is 17.0 Å². The zero-order valence-corrected chi connectivity index (χ0v) is 14.4. The van der Waals surface area contributed by atoms with E-state index in [1.54, 1.807) is 17.6 Å². The van der Waals surface area contributed by atoms with E-state index in [0.29, 0.717) is 19.4 Å². The van der Waals surface area contributed by atoms with Gasteiger partial charge in [-0.3, -0.25) is 4.79 Å². The number of amides is 1. The Hall–Kier alpha value is -2.40. The summed E-state index contributed by atoms with van der Waals surface area (Å²) < 4.78 is 5.23. The predicted molar refractivity (Wildman–Crippen MR) is 96.0 cm³/mol. The van der Waals surface area contributed by atoms with E-state index < -0.39 is 0 Å². The Morgan fingerprint density at radius 1 is 1.17 bits per heavy atom. The number of nitrogens with zero attached hydrogens (tertiary/aromatic N) is 1. The van der Waals surface area contributed by atoms with E-state index in [1.165, 1.54) is 4.88 Å². The molecule has 3 aromatic rings. The first kappa shape index (κ1) is 16.5. The number of rotatable bonds is 7. The van der Waals surface area contributed by atoms with Gasteiger partial charge in [-0.2, -0.15) is 0 Å². The van der Waals surface area contributed by atoms with E-state index in [1.807, 2.05) is 30.3 Å². The number of carbonyl (C=O) groups excluding carboxylic acids is 1. The summed E-state index contributed by atoms with van der Waals surface area (Å²) in [5, 5.41) is 4.00. The standard InChI is InChI=1S/C19H20N2O2S/c1-14-19(15-6-3-2-4-7-15)21-18(24-14)11-12-20-17(22)10-9-16-8-5-13-23-16/h2-8,13H,9-12H2,1H3,(H,20,22). The molecule has 0 aliphatic carbocycles. The molecule has 0 aliphatic heterocycles. The van der Waals surface area contributed by atoms with E-state index in [0.717, 1.165) is 28.4 Å². The average molecular weight is 340 g/mol. The summed E-state index contributed by atoms with van der Waals surface area (Å²) in [4.78, 5) is 17.8. The Balaban J connectivity index is 1.48. The summed E-state index contributed by atoms with van der Waals surface area (Å²) >= 11 is 1.69. The molecule has 3 rings (SSSR count). The summed E-state index contributed by atoms with van der Waals surface area (Å²) in [6.45, 7) is 2.70. The molecule has 0 unspecified atom stereocenters. The summed E-state index contributed by atoms with van der Waals surface area (Å²) in [7, 11) is 0. The number of nitrogens with one attached hydrogen (secondary N) is 1. The van der Waals surface area contributed by atoms with Gasteiger partial charge in [0, 0.05) is 36.2 Å². The van der Waals surface area contributed by atoms with Gasteiger partial charge >= 0.3 is 0 Å². The smallest absolute Gasteiger partial charge is 0.220 e. The van der Waals surface area contributed by atoms with E-state index >= 15 is 0 Å². The van der Waals surface area contributed by atoms with Crippen molar-refractivity contribution < 1.29 is 9.21 Å². The minimum atomic E-state index is 0.0444. The zero-order chi connectivity index (χ0) is 16.8. The second-order valence-corrected chi connectivity index (χ2v) is 6.85. The molecule has 1 N–H and O–H groups in total. The van der Waals surface area contributed by atoms with Crippen LogP contribution in [-0.4, -0.2) is 17.4 Å². The minimum Gasteiger partial charge on any atom is -0.469 e. The summed E-state index contributed by atoms with van der Waals surface area (Å²) in [5.41, 5.74) is 2.18. The first-order valence-corrected chi connectivity index (χ1v) is 8.85. The van der Waals surface area contributed by atoms with Crippen LogP contribution in [0.4, 0.5) is 0 Å². The van der Waals surface area contributed by atoms with E-state index in [9.17, 15) is 4.79 Å². The van der Waals surface area contributed by atoms with Gasteiger partial charge in [-0.15, -0.1) is 11.3 Å². The molecule has 0 aliphatic rings. The lowest BCUT2D eigenvalue weighted by atomic mass is 10.1. The fraction of sp³-hybridized carbons (Fsp3) is 0.263. The lowest BCUT2D eigenvalue weighted by molar-refractivity contribution is -0.121. The predicted octanol–water partition coefficient (Wildman–Crippen LogP) is 4.00. The number of carbonyl (C=O) groups is 1. The molecule has 1 aromatic carbocycles. The largest absolute Gasteiger partial charge is 0.469 e. The van der Waals surface area contributed by atoms with E-state index in [-0.39, 0.29) is 5.91 Å². The quantitative estimate of drug-likeness (QED) is 0.707. The van der Waals surface area contributed by atoms with Crippen molar-refractivity contribution in [2.75, 3.05) is 6.54 Å². The first-order chi connectivity index (χ1) is 11.7. The van der Waals surface area contributed by atoms with Crippen molar-refractivity contribution in [2.45, 2.75) is 26.2 Å². The molecule has 0 fully saturated rings. The van der Waals surface area contributed by atoms with Crippen LogP contribution in [0.15, 0.2) is 53.1 Å². The number of furan rings is 1. The molecule has 0 saturated carbocycles. The zero-order valence-electron chi connectivity index (χ0n) is 13.6. The Morgan fingerprint density at radius 3 is 2.75 bits per heavy atom. The van der Waals surface area contributed by atoms with Crippen molar-refractivity contribution in [3.8, 4) is 11.3 Å². The molecule has 2 aromatic heterocycles. The highest BCUT2D eigenvalue weighted by Gasteiger charge is 2.10. The third-order valence-electron chi connectivity index (χ3n) is 3.73. The van der Waals surface area contributed by atoms with E-state index in [2.05, 4.69) is 24.4 Å². The van der Waals surface area contributed by atoms with Crippen molar-refractivity contribution in [3.63, 3.8) is 0 Å². The molecule has 0 atom stereocenters. The molecule has 0 bridgehead atoms. The Morgan fingerprint density at radius 2 is 2.00 bits per heavy atom. The molecule has 124 valence electrons. The average Bonchev–Trinajstić information content (AvgIpc) is 3.23. The van der Waals surface area contributed by atoms with Gasteiger partial charge in [-0.05, 0) is 19.1 Å². The molecular weight excluding hydrogens is 320 g/mol. The fourth-order valence-electron chi connectivity index (χ4n) is 2.51. The third kappa shape index (κ3) is 4.32. The van der Waals surface area contributed by atoms with Crippen molar-refractivity contribution in [2.24, 2.45) is 0 Å². The number of aromatic nitrogens is 1. The maximum atomic E-state index is 11.9. The number of aryl methyl sites for hydroxylation is 2. The minimum absolute atomic E-state index is 0.0444. The number of benzene rings is 1. The van der Waals surface area contributed by atoms with Gasteiger partial charge in [0.25, 0.3) is 0 Å². The highest BCUT2D eigenvalue weighted by Crippen LogP contribution is 2.27. The molecule has 5 heteroatoms. The van der Waals surface area contributed by atoms with Crippen LogP contribution >= 0.6 is 11.3 Å². The van der Waals surface area contributed by atoms with E-state index in [4.69, 9.17) is 9.40 Å². The Labute approximate surface area is 145 Å². The topological polar surface area (TPSA) is 55.1 Å². The maximum Gasteiger partial charge on any atom is 0.220 e. The number of hydrogen-bond donors (Lipinski definition) is 1. The maximum absolute atomic E-state index is 11.9.